The lowest BCUT2D eigenvalue weighted by Gasteiger charge is -2.22. The SMILES string of the molecule is CCCCS(=O)CC(NCC)C1CCOC1. The van der Waals surface area contributed by atoms with Crippen molar-refractivity contribution < 1.29 is 8.95 Å². The molecule has 3 unspecified atom stereocenters. The summed E-state index contributed by atoms with van der Waals surface area (Å²) in [4.78, 5) is 0. The molecule has 0 aromatic heterocycles. The highest BCUT2D eigenvalue weighted by Gasteiger charge is 2.26. The summed E-state index contributed by atoms with van der Waals surface area (Å²) in [5, 5.41) is 3.46. The molecule has 1 rings (SSSR count). The molecular formula is C12H25NO2S. The highest BCUT2D eigenvalue weighted by atomic mass is 32.2. The smallest absolute Gasteiger partial charge is 0.0510 e. The van der Waals surface area contributed by atoms with Gasteiger partial charge in [-0.3, -0.25) is 4.21 Å². The van der Waals surface area contributed by atoms with Gasteiger partial charge in [0.1, 0.15) is 0 Å². The first-order valence-corrected chi connectivity index (χ1v) is 7.92. The third kappa shape index (κ3) is 4.93. The minimum absolute atomic E-state index is 0.380. The number of hydrogen-bond donors (Lipinski definition) is 1. The molecule has 0 saturated carbocycles. The van der Waals surface area contributed by atoms with Gasteiger partial charge in [-0.25, -0.2) is 0 Å². The molecule has 96 valence electrons. The van der Waals surface area contributed by atoms with Crippen LogP contribution in [0.4, 0.5) is 0 Å². The maximum atomic E-state index is 11.9. The summed E-state index contributed by atoms with van der Waals surface area (Å²) in [7, 11) is -0.666. The fourth-order valence-electron chi connectivity index (χ4n) is 2.08. The van der Waals surface area contributed by atoms with E-state index in [2.05, 4.69) is 19.2 Å². The van der Waals surface area contributed by atoms with E-state index in [0.717, 1.165) is 50.5 Å². The second-order valence-corrected chi connectivity index (χ2v) is 6.07. The Labute approximate surface area is 102 Å². The quantitative estimate of drug-likeness (QED) is 0.707. The Balaban J connectivity index is 2.34. The largest absolute Gasteiger partial charge is 0.381 e. The number of rotatable bonds is 8. The molecule has 1 aliphatic rings. The Hall–Kier alpha value is 0.0700. The summed E-state index contributed by atoms with van der Waals surface area (Å²) in [5.74, 6) is 2.21. The van der Waals surface area contributed by atoms with E-state index in [0.29, 0.717) is 12.0 Å². The zero-order valence-corrected chi connectivity index (χ0v) is 11.4. The summed E-state index contributed by atoms with van der Waals surface area (Å²) >= 11 is 0. The van der Waals surface area contributed by atoms with E-state index in [1.54, 1.807) is 0 Å². The fourth-order valence-corrected chi connectivity index (χ4v) is 3.65. The summed E-state index contributed by atoms with van der Waals surface area (Å²) in [6.45, 7) is 6.91. The average molecular weight is 247 g/mol. The first-order chi connectivity index (χ1) is 7.77. The molecule has 4 heteroatoms. The van der Waals surface area contributed by atoms with Crippen molar-refractivity contribution in [1.29, 1.82) is 0 Å². The fraction of sp³-hybridized carbons (Fsp3) is 1.00. The summed E-state index contributed by atoms with van der Waals surface area (Å²) < 4.78 is 17.3. The standard InChI is InChI=1S/C12H25NO2S/c1-3-5-8-16(14)10-12(13-4-2)11-6-7-15-9-11/h11-13H,3-10H2,1-2H3. The normalized spacial score (nSPS) is 24.5. The van der Waals surface area contributed by atoms with Gasteiger partial charge in [-0.15, -0.1) is 0 Å². The van der Waals surface area contributed by atoms with Crippen LogP contribution in [-0.2, 0) is 15.5 Å². The topological polar surface area (TPSA) is 38.3 Å². The molecule has 0 amide bonds. The van der Waals surface area contributed by atoms with Crippen molar-refractivity contribution >= 4 is 10.8 Å². The van der Waals surface area contributed by atoms with Crippen LogP contribution in [0.3, 0.4) is 0 Å². The molecule has 1 aliphatic heterocycles. The van der Waals surface area contributed by atoms with Gasteiger partial charge in [-0.05, 0) is 19.4 Å². The predicted octanol–water partition coefficient (Wildman–Crippen LogP) is 1.55. The number of unbranched alkanes of at least 4 members (excludes halogenated alkanes) is 1. The van der Waals surface area contributed by atoms with E-state index in [1.807, 2.05) is 0 Å². The average Bonchev–Trinajstić information content (AvgIpc) is 2.79. The molecule has 1 fully saturated rings. The lowest BCUT2D eigenvalue weighted by atomic mass is 10.0. The van der Waals surface area contributed by atoms with Crippen LogP contribution in [0.2, 0.25) is 0 Å². The van der Waals surface area contributed by atoms with Crippen LogP contribution < -0.4 is 5.32 Å². The van der Waals surface area contributed by atoms with Crippen molar-refractivity contribution in [3.8, 4) is 0 Å². The molecule has 3 nitrogen and oxygen atoms in total. The van der Waals surface area contributed by atoms with Crippen molar-refractivity contribution in [1.82, 2.24) is 5.32 Å². The molecule has 16 heavy (non-hydrogen) atoms. The Morgan fingerprint density at radius 2 is 2.31 bits per heavy atom. The van der Waals surface area contributed by atoms with Crippen molar-refractivity contribution in [2.45, 2.75) is 39.2 Å². The number of ether oxygens (including phenoxy) is 1. The zero-order chi connectivity index (χ0) is 11.8. The van der Waals surface area contributed by atoms with Gasteiger partial charge in [0.25, 0.3) is 0 Å². The molecule has 1 saturated heterocycles. The number of nitrogens with one attached hydrogen (secondary N) is 1. The first kappa shape index (κ1) is 14.1. The maximum absolute atomic E-state index is 11.9. The monoisotopic (exact) mass is 247 g/mol. The zero-order valence-electron chi connectivity index (χ0n) is 10.5. The Morgan fingerprint density at radius 1 is 1.50 bits per heavy atom. The third-order valence-electron chi connectivity index (χ3n) is 3.09. The van der Waals surface area contributed by atoms with Gasteiger partial charge < -0.3 is 10.1 Å². The molecule has 0 radical (unpaired) electrons. The van der Waals surface area contributed by atoms with Gasteiger partial charge in [0.2, 0.25) is 0 Å². The summed E-state index contributed by atoms with van der Waals surface area (Å²) in [5.41, 5.74) is 0. The van der Waals surface area contributed by atoms with Gasteiger partial charge in [-0.1, -0.05) is 20.3 Å². The second-order valence-electron chi connectivity index (χ2n) is 4.45. The van der Waals surface area contributed by atoms with Crippen LogP contribution in [-0.4, -0.2) is 41.5 Å². The van der Waals surface area contributed by atoms with E-state index < -0.39 is 10.8 Å². The Morgan fingerprint density at radius 3 is 2.88 bits per heavy atom. The summed E-state index contributed by atoms with van der Waals surface area (Å²) in [6, 6.07) is 0.380. The van der Waals surface area contributed by atoms with E-state index >= 15 is 0 Å². The molecule has 0 aromatic carbocycles. The first-order valence-electron chi connectivity index (χ1n) is 6.44. The van der Waals surface area contributed by atoms with E-state index in [-0.39, 0.29) is 0 Å². The summed E-state index contributed by atoms with van der Waals surface area (Å²) in [6.07, 6.45) is 3.32. The number of hydrogen-bond acceptors (Lipinski definition) is 3. The molecule has 0 aliphatic carbocycles. The second kappa shape index (κ2) is 8.20. The molecule has 0 bridgehead atoms. The van der Waals surface area contributed by atoms with Gasteiger partial charge in [0.15, 0.2) is 0 Å². The lowest BCUT2D eigenvalue weighted by Crippen LogP contribution is -2.41. The molecule has 1 heterocycles. The van der Waals surface area contributed by atoms with E-state index in [4.69, 9.17) is 4.74 Å². The predicted molar refractivity (Wildman–Crippen MR) is 69.2 cm³/mol. The van der Waals surface area contributed by atoms with Gasteiger partial charge in [-0.2, -0.15) is 0 Å². The van der Waals surface area contributed by atoms with Crippen LogP contribution in [0.5, 0.6) is 0 Å². The van der Waals surface area contributed by atoms with Crippen LogP contribution >= 0.6 is 0 Å². The van der Waals surface area contributed by atoms with E-state index in [9.17, 15) is 4.21 Å². The van der Waals surface area contributed by atoms with Crippen LogP contribution in [0, 0.1) is 5.92 Å². The molecule has 1 N–H and O–H groups in total. The lowest BCUT2D eigenvalue weighted by molar-refractivity contribution is 0.179. The molecule has 3 atom stereocenters. The third-order valence-corrected chi connectivity index (χ3v) is 4.57. The van der Waals surface area contributed by atoms with Gasteiger partial charge in [0, 0.05) is 40.9 Å². The molecule has 0 aromatic rings. The maximum Gasteiger partial charge on any atom is 0.0510 e. The van der Waals surface area contributed by atoms with Crippen LogP contribution in [0.15, 0.2) is 0 Å². The van der Waals surface area contributed by atoms with Crippen molar-refractivity contribution in [3.05, 3.63) is 0 Å². The molecular weight excluding hydrogens is 222 g/mol. The Kier molecular flexibility index (Phi) is 7.25. The van der Waals surface area contributed by atoms with Crippen LogP contribution in [0.1, 0.15) is 33.1 Å². The molecule has 0 spiro atoms. The highest BCUT2D eigenvalue weighted by Crippen LogP contribution is 2.17. The highest BCUT2D eigenvalue weighted by molar-refractivity contribution is 7.85. The van der Waals surface area contributed by atoms with Crippen LogP contribution in [0.25, 0.3) is 0 Å². The Bertz CT molecular complexity index is 205. The minimum Gasteiger partial charge on any atom is -0.381 e. The van der Waals surface area contributed by atoms with Gasteiger partial charge in [0.05, 0.1) is 6.61 Å². The van der Waals surface area contributed by atoms with Crippen molar-refractivity contribution in [3.63, 3.8) is 0 Å². The van der Waals surface area contributed by atoms with Gasteiger partial charge >= 0.3 is 0 Å². The van der Waals surface area contributed by atoms with Crippen molar-refractivity contribution in [2.75, 3.05) is 31.3 Å². The minimum atomic E-state index is -0.666. The van der Waals surface area contributed by atoms with E-state index in [1.165, 1.54) is 0 Å². The van der Waals surface area contributed by atoms with Crippen molar-refractivity contribution in [2.24, 2.45) is 5.92 Å².